The van der Waals surface area contributed by atoms with E-state index in [0.717, 1.165) is 16.9 Å². The number of hydrogen-bond acceptors (Lipinski definition) is 4. The number of amides is 1. The number of aromatic nitrogens is 2. The number of carbonyl (C=O) groups excluding carboxylic acids is 1. The van der Waals surface area contributed by atoms with Crippen molar-refractivity contribution < 1.29 is 14.3 Å². The highest BCUT2D eigenvalue weighted by Crippen LogP contribution is 2.24. The highest BCUT2D eigenvalue weighted by Gasteiger charge is 2.18. The maximum Gasteiger partial charge on any atom is 0.246 e. The number of rotatable bonds is 8. The second-order valence-corrected chi connectivity index (χ2v) is 6.52. The van der Waals surface area contributed by atoms with Crippen LogP contribution in [0.15, 0.2) is 48.5 Å². The van der Waals surface area contributed by atoms with Gasteiger partial charge in [0.1, 0.15) is 24.8 Å². The Bertz CT molecular complexity index is 926. The van der Waals surface area contributed by atoms with Gasteiger partial charge in [0.05, 0.1) is 28.6 Å². The quantitative estimate of drug-likeness (QED) is 0.641. The van der Waals surface area contributed by atoms with Crippen molar-refractivity contribution in [2.45, 2.75) is 19.5 Å². The topological polar surface area (TPSA) is 65.4 Å². The van der Waals surface area contributed by atoms with Gasteiger partial charge in [-0.3, -0.25) is 4.79 Å². The fourth-order valence-electron chi connectivity index (χ4n) is 2.95. The van der Waals surface area contributed by atoms with E-state index in [2.05, 4.69) is 9.88 Å². The number of nitrogens with one attached hydrogen (secondary N) is 1. The van der Waals surface area contributed by atoms with E-state index < -0.39 is 0 Å². The molecule has 0 spiro atoms. The van der Waals surface area contributed by atoms with E-state index in [1.54, 1.807) is 6.07 Å². The smallest absolute Gasteiger partial charge is 0.246 e. The van der Waals surface area contributed by atoms with Crippen LogP contribution in [0.25, 0.3) is 11.0 Å². The molecule has 0 bridgehead atoms. The lowest BCUT2D eigenvalue weighted by atomic mass is 10.3. The van der Waals surface area contributed by atoms with Gasteiger partial charge in [-0.1, -0.05) is 35.9 Å². The predicted octanol–water partition coefficient (Wildman–Crippen LogP) is 3.59. The largest absolute Gasteiger partial charge is 0.490 e. The number of hydrogen-bond donors (Lipinski definition) is 1. The molecule has 6 nitrogen and oxygen atoms in total. The molecule has 3 rings (SSSR count). The zero-order valence-electron chi connectivity index (χ0n) is 15.3. The standard InChI is InChI=1S/C20H22ClN3O3/c1-14(22-19(25)13-26-2)20-23-16-8-4-5-9-17(16)24(20)11-12-27-18-10-6-3-7-15(18)21/h3-10,14H,11-13H2,1-2H3,(H,22,25). The second-order valence-electron chi connectivity index (χ2n) is 6.11. The lowest BCUT2D eigenvalue weighted by Crippen LogP contribution is -2.31. The Labute approximate surface area is 163 Å². The first-order valence-electron chi connectivity index (χ1n) is 8.71. The molecule has 2 aromatic carbocycles. The third-order valence-electron chi connectivity index (χ3n) is 4.13. The van der Waals surface area contributed by atoms with Crippen molar-refractivity contribution in [1.29, 1.82) is 0 Å². The Morgan fingerprint density at radius 1 is 1.22 bits per heavy atom. The van der Waals surface area contributed by atoms with Crippen LogP contribution in [0.3, 0.4) is 0 Å². The van der Waals surface area contributed by atoms with Crippen molar-refractivity contribution in [1.82, 2.24) is 14.9 Å². The number of benzene rings is 2. The summed E-state index contributed by atoms with van der Waals surface area (Å²) < 4.78 is 12.8. The number of ether oxygens (including phenoxy) is 2. The van der Waals surface area contributed by atoms with Gasteiger partial charge in [-0.05, 0) is 31.2 Å². The molecule has 7 heteroatoms. The summed E-state index contributed by atoms with van der Waals surface area (Å²) in [5, 5.41) is 3.48. The molecular weight excluding hydrogens is 366 g/mol. The fraction of sp³-hybridized carbons (Fsp3) is 0.300. The summed E-state index contributed by atoms with van der Waals surface area (Å²) in [5.74, 6) is 1.23. The van der Waals surface area contributed by atoms with E-state index in [0.29, 0.717) is 23.9 Å². The summed E-state index contributed by atoms with van der Waals surface area (Å²) >= 11 is 6.15. The zero-order chi connectivity index (χ0) is 19.2. The molecule has 1 N–H and O–H groups in total. The molecule has 1 heterocycles. The normalized spacial score (nSPS) is 12.1. The predicted molar refractivity (Wildman–Crippen MR) is 105 cm³/mol. The number of methoxy groups -OCH3 is 1. The number of para-hydroxylation sites is 3. The maximum atomic E-state index is 11.9. The number of halogens is 1. The maximum absolute atomic E-state index is 11.9. The molecule has 0 fully saturated rings. The SMILES string of the molecule is COCC(=O)NC(C)c1nc2ccccc2n1CCOc1ccccc1Cl. The van der Waals surface area contributed by atoms with Crippen LogP contribution in [0.2, 0.25) is 5.02 Å². The molecule has 1 amide bonds. The molecule has 142 valence electrons. The molecule has 27 heavy (non-hydrogen) atoms. The number of fused-ring (bicyclic) bond motifs is 1. The second kappa shape index (κ2) is 8.88. The van der Waals surface area contributed by atoms with Crippen molar-refractivity contribution in [3.8, 4) is 5.75 Å². The average Bonchev–Trinajstić information content (AvgIpc) is 3.02. The van der Waals surface area contributed by atoms with Gasteiger partial charge in [-0.2, -0.15) is 0 Å². The third-order valence-corrected chi connectivity index (χ3v) is 4.45. The minimum absolute atomic E-state index is 0.0141. The van der Waals surface area contributed by atoms with Crippen molar-refractivity contribution in [2.75, 3.05) is 20.3 Å². The van der Waals surface area contributed by atoms with E-state index in [1.165, 1.54) is 7.11 Å². The van der Waals surface area contributed by atoms with Crippen LogP contribution in [0, 0.1) is 0 Å². The van der Waals surface area contributed by atoms with Gasteiger partial charge in [0.25, 0.3) is 0 Å². The van der Waals surface area contributed by atoms with Gasteiger partial charge >= 0.3 is 0 Å². The first-order chi connectivity index (χ1) is 13.1. The van der Waals surface area contributed by atoms with Crippen LogP contribution in [-0.2, 0) is 16.1 Å². The Morgan fingerprint density at radius 2 is 1.96 bits per heavy atom. The van der Waals surface area contributed by atoms with Crippen molar-refractivity contribution in [3.05, 3.63) is 59.4 Å². The molecule has 0 aliphatic heterocycles. The summed E-state index contributed by atoms with van der Waals surface area (Å²) in [4.78, 5) is 16.6. The first kappa shape index (κ1) is 19.2. The van der Waals surface area contributed by atoms with Crippen molar-refractivity contribution in [3.63, 3.8) is 0 Å². The number of nitrogens with zero attached hydrogens (tertiary/aromatic N) is 2. The van der Waals surface area contributed by atoms with Crippen LogP contribution in [0.5, 0.6) is 5.75 Å². The summed E-state index contributed by atoms with van der Waals surface area (Å²) in [6.07, 6.45) is 0. The van der Waals surface area contributed by atoms with Gasteiger partial charge in [0, 0.05) is 7.11 Å². The van der Waals surface area contributed by atoms with E-state index in [4.69, 9.17) is 26.1 Å². The number of imidazole rings is 1. The molecule has 0 saturated heterocycles. The van der Waals surface area contributed by atoms with E-state index in [9.17, 15) is 4.79 Å². The third kappa shape index (κ3) is 4.59. The van der Waals surface area contributed by atoms with Gasteiger partial charge in [-0.25, -0.2) is 4.98 Å². The molecule has 0 aliphatic rings. The van der Waals surface area contributed by atoms with E-state index in [1.807, 2.05) is 49.4 Å². The van der Waals surface area contributed by atoms with Crippen LogP contribution >= 0.6 is 11.6 Å². The summed E-state index contributed by atoms with van der Waals surface area (Å²) in [7, 11) is 1.49. The molecule has 0 radical (unpaired) electrons. The lowest BCUT2D eigenvalue weighted by molar-refractivity contribution is -0.125. The Balaban J connectivity index is 1.80. The molecule has 1 unspecified atom stereocenters. The molecular formula is C20H22ClN3O3. The van der Waals surface area contributed by atoms with Gasteiger partial charge in [0.15, 0.2) is 0 Å². The van der Waals surface area contributed by atoms with E-state index in [-0.39, 0.29) is 18.6 Å². The molecule has 0 aliphatic carbocycles. The molecule has 3 aromatic rings. The van der Waals surface area contributed by atoms with Crippen LogP contribution in [0.1, 0.15) is 18.8 Å². The van der Waals surface area contributed by atoms with Gasteiger partial charge < -0.3 is 19.4 Å². The summed E-state index contributed by atoms with van der Waals surface area (Å²) in [5.41, 5.74) is 1.86. The summed E-state index contributed by atoms with van der Waals surface area (Å²) in [6, 6.07) is 15.0. The van der Waals surface area contributed by atoms with Gasteiger partial charge in [-0.15, -0.1) is 0 Å². The zero-order valence-corrected chi connectivity index (χ0v) is 16.1. The Kier molecular flexibility index (Phi) is 6.32. The van der Waals surface area contributed by atoms with Crippen LogP contribution in [0.4, 0.5) is 0 Å². The van der Waals surface area contributed by atoms with Crippen LogP contribution < -0.4 is 10.1 Å². The minimum Gasteiger partial charge on any atom is -0.490 e. The monoisotopic (exact) mass is 387 g/mol. The first-order valence-corrected chi connectivity index (χ1v) is 9.08. The highest BCUT2D eigenvalue weighted by molar-refractivity contribution is 6.32. The van der Waals surface area contributed by atoms with Crippen LogP contribution in [-0.4, -0.2) is 35.8 Å². The summed E-state index contributed by atoms with van der Waals surface area (Å²) in [6.45, 7) is 2.92. The van der Waals surface area contributed by atoms with E-state index >= 15 is 0 Å². The van der Waals surface area contributed by atoms with Gasteiger partial charge in [0.2, 0.25) is 5.91 Å². The Morgan fingerprint density at radius 3 is 2.74 bits per heavy atom. The fourth-order valence-corrected chi connectivity index (χ4v) is 3.14. The average molecular weight is 388 g/mol. The molecule has 1 atom stereocenters. The lowest BCUT2D eigenvalue weighted by Gasteiger charge is -2.16. The minimum atomic E-state index is -0.264. The molecule has 0 saturated carbocycles. The highest BCUT2D eigenvalue weighted by atomic mass is 35.5. The van der Waals surface area contributed by atoms with Crippen molar-refractivity contribution in [2.24, 2.45) is 0 Å². The Hall–Kier alpha value is -2.57. The van der Waals surface area contributed by atoms with Crippen molar-refractivity contribution >= 4 is 28.5 Å². The molecule has 1 aromatic heterocycles. The number of carbonyl (C=O) groups is 1.